The van der Waals surface area contributed by atoms with Gasteiger partial charge in [-0.05, 0) is 49.1 Å². The van der Waals surface area contributed by atoms with Gasteiger partial charge in [0.05, 0.1) is 6.10 Å². The maximum absolute atomic E-state index is 6.75. The molecule has 0 fully saturated rings. The van der Waals surface area contributed by atoms with Gasteiger partial charge in [0.15, 0.2) is 16.6 Å². The van der Waals surface area contributed by atoms with Crippen molar-refractivity contribution in [2.24, 2.45) is 0 Å². The minimum atomic E-state index is -1.83. The lowest BCUT2D eigenvalue weighted by atomic mass is 10.0. The molecule has 0 aliphatic heterocycles. The fourth-order valence-corrected chi connectivity index (χ4v) is 5.54. The average molecular weight is 422 g/mol. The molecule has 136 valence electrons. The van der Waals surface area contributed by atoms with E-state index in [1.165, 1.54) is 4.48 Å². The highest BCUT2D eigenvalue weighted by Crippen LogP contribution is 2.43. The molecule has 0 radical (unpaired) electrons. The summed E-state index contributed by atoms with van der Waals surface area (Å²) in [7, 11) is -3.63. The fraction of sp³-hybridized carbons (Fsp3) is 0.889. The van der Waals surface area contributed by atoms with Gasteiger partial charge in [0.1, 0.15) is 6.10 Å². The van der Waals surface area contributed by atoms with E-state index in [4.69, 9.17) is 8.85 Å². The second-order valence-corrected chi connectivity index (χ2v) is 20.3. The van der Waals surface area contributed by atoms with Crippen molar-refractivity contribution in [2.45, 2.75) is 103 Å². The van der Waals surface area contributed by atoms with Gasteiger partial charge in [-0.15, -0.1) is 0 Å². The second kappa shape index (κ2) is 7.06. The summed E-state index contributed by atoms with van der Waals surface area (Å²) >= 11 is 3.77. The van der Waals surface area contributed by atoms with Crippen LogP contribution in [-0.4, -0.2) is 28.8 Å². The third-order valence-corrected chi connectivity index (χ3v) is 15.6. The van der Waals surface area contributed by atoms with Crippen LogP contribution in [0.2, 0.25) is 36.3 Å². The Balaban J connectivity index is 3.02. The third-order valence-electron chi connectivity index (χ3n) is 5.88. The molecule has 2 nitrogen and oxygen atoms in total. The predicted molar refractivity (Wildman–Crippen MR) is 110 cm³/mol. The smallest absolute Gasteiger partial charge is 0.193 e. The van der Waals surface area contributed by atoms with Crippen LogP contribution < -0.4 is 0 Å². The molecule has 0 aromatic rings. The molecule has 23 heavy (non-hydrogen) atoms. The number of rotatable bonds is 4. The monoisotopic (exact) mass is 420 g/mol. The summed E-state index contributed by atoms with van der Waals surface area (Å²) in [6, 6.07) is 0. The van der Waals surface area contributed by atoms with E-state index in [9.17, 15) is 0 Å². The molecule has 0 bridgehead atoms. The number of allylic oxidation sites excluding steroid dienone is 1. The van der Waals surface area contributed by atoms with E-state index in [1.807, 2.05) is 0 Å². The second-order valence-electron chi connectivity index (χ2n) is 9.88. The van der Waals surface area contributed by atoms with Gasteiger partial charge in [-0.2, -0.15) is 0 Å². The summed E-state index contributed by atoms with van der Waals surface area (Å²) in [5, 5.41) is 0.432. The van der Waals surface area contributed by atoms with Crippen LogP contribution in [-0.2, 0) is 8.85 Å². The van der Waals surface area contributed by atoms with Gasteiger partial charge in [-0.25, -0.2) is 0 Å². The number of halogens is 1. The van der Waals surface area contributed by atoms with Crippen molar-refractivity contribution in [1.82, 2.24) is 0 Å². The molecule has 0 saturated carbocycles. The zero-order valence-corrected chi connectivity index (χ0v) is 20.4. The molecule has 1 aliphatic carbocycles. The molecule has 0 aromatic carbocycles. The van der Waals surface area contributed by atoms with Gasteiger partial charge in [-0.3, -0.25) is 0 Å². The van der Waals surface area contributed by atoms with Crippen LogP contribution in [0.3, 0.4) is 0 Å². The summed E-state index contributed by atoms with van der Waals surface area (Å²) in [4.78, 5) is 0. The van der Waals surface area contributed by atoms with Crippen molar-refractivity contribution >= 4 is 32.6 Å². The van der Waals surface area contributed by atoms with Gasteiger partial charge in [-0.1, -0.05) is 63.5 Å². The van der Waals surface area contributed by atoms with E-state index in [0.29, 0.717) is 0 Å². The standard InChI is InChI=1S/C18H37BrO2Si2/c1-17(2,3)22(7,8)20-15-13-11-12-14(19)16(15)21-23(9,10)18(4,5)6/h12,15-16H,11,13H2,1-10H3/t15-,16-/m0/s1. The molecule has 0 unspecified atom stereocenters. The van der Waals surface area contributed by atoms with Crippen molar-refractivity contribution in [3.05, 3.63) is 10.6 Å². The van der Waals surface area contributed by atoms with Crippen molar-refractivity contribution in [3.63, 3.8) is 0 Å². The van der Waals surface area contributed by atoms with E-state index in [-0.39, 0.29) is 22.3 Å². The van der Waals surface area contributed by atoms with Crippen molar-refractivity contribution in [2.75, 3.05) is 0 Å². The van der Waals surface area contributed by atoms with Gasteiger partial charge < -0.3 is 8.85 Å². The highest BCUT2D eigenvalue weighted by atomic mass is 79.9. The van der Waals surface area contributed by atoms with Crippen molar-refractivity contribution in [1.29, 1.82) is 0 Å². The summed E-state index contributed by atoms with van der Waals surface area (Å²) in [5.74, 6) is 0. The van der Waals surface area contributed by atoms with Crippen LogP contribution >= 0.6 is 15.9 Å². The molecule has 2 atom stereocenters. The van der Waals surface area contributed by atoms with Gasteiger partial charge >= 0.3 is 0 Å². The van der Waals surface area contributed by atoms with Crippen LogP contribution in [0.4, 0.5) is 0 Å². The van der Waals surface area contributed by atoms with Crippen molar-refractivity contribution in [3.8, 4) is 0 Å². The highest BCUT2D eigenvalue weighted by Gasteiger charge is 2.45. The third kappa shape index (κ3) is 5.27. The normalized spacial score (nSPS) is 24.6. The van der Waals surface area contributed by atoms with Crippen LogP contribution in [0, 0.1) is 0 Å². The summed E-state index contributed by atoms with van der Waals surface area (Å²) < 4.78 is 14.7. The lowest BCUT2D eigenvalue weighted by Gasteiger charge is -2.46. The maximum Gasteiger partial charge on any atom is 0.193 e. The number of hydrogen-bond acceptors (Lipinski definition) is 2. The Bertz CT molecular complexity index is 445. The van der Waals surface area contributed by atoms with E-state index in [0.717, 1.165) is 12.8 Å². The summed E-state index contributed by atoms with van der Waals surface area (Å²) in [6.07, 6.45) is 4.62. The Morgan fingerprint density at radius 3 is 1.78 bits per heavy atom. The van der Waals surface area contributed by atoms with Crippen molar-refractivity contribution < 1.29 is 8.85 Å². The Kier molecular flexibility index (Phi) is 6.64. The Morgan fingerprint density at radius 1 is 0.913 bits per heavy atom. The lowest BCUT2D eigenvalue weighted by molar-refractivity contribution is 0.0516. The van der Waals surface area contributed by atoms with E-state index < -0.39 is 16.6 Å². The van der Waals surface area contributed by atoms with Gasteiger partial charge in [0, 0.05) is 4.48 Å². The van der Waals surface area contributed by atoms with E-state index >= 15 is 0 Å². The zero-order valence-electron chi connectivity index (χ0n) is 16.8. The minimum absolute atomic E-state index is 0.0544. The Labute approximate surface area is 154 Å². The van der Waals surface area contributed by atoms with Crippen LogP contribution in [0.1, 0.15) is 54.4 Å². The van der Waals surface area contributed by atoms with Gasteiger partial charge in [0.2, 0.25) is 0 Å². The SMILES string of the molecule is CC(C)(C)[Si](C)(C)O[C@H]1CCC=C(Br)[C@@H]1O[Si](C)(C)C(C)(C)C. The quantitative estimate of drug-likeness (QED) is 0.463. The Morgan fingerprint density at radius 2 is 1.35 bits per heavy atom. The molecule has 0 amide bonds. The van der Waals surface area contributed by atoms with Crippen LogP contribution in [0.25, 0.3) is 0 Å². The molecule has 0 aromatic heterocycles. The zero-order chi connectivity index (χ0) is 18.3. The predicted octanol–water partition coefficient (Wildman–Crippen LogP) is 6.84. The first kappa shape index (κ1) is 21.6. The van der Waals surface area contributed by atoms with Crippen LogP contribution in [0.15, 0.2) is 10.6 Å². The first-order chi connectivity index (χ1) is 10.1. The fourth-order valence-electron chi connectivity index (χ4n) is 2.13. The van der Waals surface area contributed by atoms with Crippen LogP contribution in [0.5, 0.6) is 0 Å². The first-order valence-corrected chi connectivity index (χ1v) is 15.4. The molecule has 0 heterocycles. The topological polar surface area (TPSA) is 18.5 Å². The van der Waals surface area contributed by atoms with Gasteiger partial charge in [0.25, 0.3) is 0 Å². The molecular formula is C18H37BrO2Si2. The molecule has 1 aliphatic rings. The maximum atomic E-state index is 6.75. The lowest BCUT2D eigenvalue weighted by Crippen LogP contribution is -2.52. The molecular weight excluding hydrogens is 384 g/mol. The van der Waals surface area contributed by atoms with E-state index in [1.54, 1.807) is 0 Å². The summed E-state index contributed by atoms with van der Waals surface area (Å²) in [6.45, 7) is 23.1. The first-order valence-electron chi connectivity index (χ1n) is 8.80. The molecule has 5 heteroatoms. The largest absolute Gasteiger partial charge is 0.411 e. The molecule has 0 N–H and O–H groups in total. The molecule has 1 rings (SSSR count). The van der Waals surface area contributed by atoms with E-state index in [2.05, 4.69) is 89.7 Å². The average Bonchev–Trinajstić information content (AvgIpc) is 2.30. The molecule has 0 saturated heterocycles. The highest BCUT2D eigenvalue weighted by molar-refractivity contribution is 9.11. The summed E-state index contributed by atoms with van der Waals surface area (Å²) in [5.41, 5.74) is 0. The minimum Gasteiger partial charge on any atom is -0.411 e. The Hall–Kier alpha value is 0.574. The molecule has 0 spiro atoms. The number of hydrogen-bond donors (Lipinski definition) is 0.